The largest absolute Gasteiger partial charge is 0.297 e. The molecule has 25 heavy (non-hydrogen) atoms. The number of carbonyl (C=O) groups is 1. The van der Waals surface area contributed by atoms with Crippen molar-refractivity contribution >= 4 is 22.6 Å². The van der Waals surface area contributed by atoms with Crippen molar-refractivity contribution in [2.45, 2.75) is 6.92 Å². The van der Waals surface area contributed by atoms with Crippen LogP contribution in [0.3, 0.4) is 0 Å². The molecule has 0 atom stereocenters. The van der Waals surface area contributed by atoms with E-state index in [0.29, 0.717) is 27.9 Å². The predicted molar refractivity (Wildman–Crippen MR) is 91.7 cm³/mol. The summed E-state index contributed by atoms with van der Waals surface area (Å²) in [6.07, 6.45) is 1.61. The monoisotopic (exact) mass is 346 g/mol. The lowest BCUT2D eigenvalue weighted by Crippen LogP contribution is -2.13. The molecule has 2 aromatic heterocycles. The molecule has 0 aliphatic carbocycles. The Hall–Kier alpha value is -3.62. The third-order valence-electron chi connectivity index (χ3n) is 3.43. The smallest absolute Gasteiger partial charge is 0.259 e. The minimum Gasteiger partial charge on any atom is -0.297 e. The van der Waals surface area contributed by atoms with Crippen LogP contribution >= 0.6 is 11.5 Å². The van der Waals surface area contributed by atoms with Crippen molar-refractivity contribution in [3.05, 3.63) is 58.9 Å². The molecular formula is C17H10N6OS. The summed E-state index contributed by atoms with van der Waals surface area (Å²) in [7, 11) is 0. The Morgan fingerprint density at radius 2 is 1.88 bits per heavy atom. The average molecular weight is 346 g/mol. The van der Waals surface area contributed by atoms with Crippen LogP contribution in [0, 0.1) is 29.6 Å². The molecule has 0 radical (unpaired) electrons. The number of amides is 1. The summed E-state index contributed by atoms with van der Waals surface area (Å²) in [6.45, 7) is 1.74. The molecule has 0 saturated carbocycles. The van der Waals surface area contributed by atoms with Crippen LogP contribution in [0.2, 0.25) is 0 Å². The number of nitrogens with zero attached hydrogens (tertiary/aromatic N) is 5. The Labute approximate surface area is 147 Å². The molecule has 0 bridgehead atoms. The third kappa shape index (κ3) is 3.20. The van der Waals surface area contributed by atoms with E-state index in [1.54, 1.807) is 43.5 Å². The van der Waals surface area contributed by atoms with Gasteiger partial charge in [-0.25, -0.2) is 0 Å². The predicted octanol–water partition coefficient (Wildman–Crippen LogP) is 2.90. The van der Waals surface area contributed by atoms with Crippen LogP contribution in [0.15, 0.2) is 36.5 Å². The summed E-state index contributed by atoms with van der Waals surface area (Å²) < 4.78 is 4.17. The zero-order valence-corrected chi connectivity index (χ0v) is 13.8. The number of hydrogen-bond acceptors (Lipinski definition) is 7. The van der Waals surface area contributed by atoms with Gasteiger partial charge in [-0.05, 0) is 31.2 Å². The molecule has 8 heteroatoms. The number of nitrogens with one attached hydrogen (secondary N) is 1. The summed E-state index contributed by atoms with van der Waals surface area (Å²) in [5.74, 6) is -0.112. The summed E-state index contributed by atoms with van der Waals surface area (Å²) in [5, 5.41) is 21.4. The Morgan fingerprint density at radius 1 is 1.16 bits per heavy atom. The van der Waals surface area contributed by atoms with Crippen LogP contribution in [-0.2, 0) is 0 Å². The fraction of sp³-hybridized carbons (Fsp3) is 0.0588. The Balaban J connectivity index is 1.93. The molecule has 0 spiro atoms. The lowest BCUT2D eigenvalue weighted by molar-refractivity contribution is 0.102. The number of pyridine rings is 1. The number of anilines is 1. The van der Waals surface area contributed by atoms with E-state index >= 15 is 0 Å². The molecule has 1 aromatic carbocycles. The van der Waals surface area contributed by atoms with Crippen molar-refractivity contribution < 1.29 is 4.79 Å². The zero-order valence-electron chi connectivity index (χ0n) is 13.0. The van der Waals surface area contributed by atoms with Crippen LogP contribution in [0.5, 0.6) is 0 Å². The first-order valence-electron chi connectivity index (χ1n) is 7.14. The van der Waals surface area contributed by atoms with Crippen molar-refractivity contribution in [2.75, 3.05) is 5.32 Å². The minimum atomic E-state index is -0.345. The Morgan fingerprint density at radius 3 is 2.52 bits per heavy atom. The fourth-order valence-electron chi connectivity index (χ4n) is 2.24. The van der Waals surface area contributed by atoms with Crippen molar-refractivity contribution in [1.82, 2.24) is 14.3 Å². The molecule has 3 rings (SSSR count). The molecule has 0 saturated heterocycles. The van der Waals surface area contributed by atoms with E-state index < -0.39 is 0 Å². The van der Waals surface area contributed by atoms with Gasteiger partial charge in [-0.15, -0.1) is 0 Å². The van der Waals surface area contributed by atoms with E-state index in [0.717, 1.165) is 11.5 Å². The summed E-state index contributed by atoms with van der Waals surface area (Å²) >= 11 is 0.979. The number of carbonyl (C=O) groups excluding carboxylic acids is 1. The molecule has 0 fully saturated rings. The molecule has 0 aliphatic rings. The van der Waals surface area contributed by atoms with Crippen LogP contribution in [0.25, 0.3) is 11.4 Å². The van der Waals surface area contributed by atoms with Gasteiger partial charge in [0, 0.05) is 23.4 Å². The van der Waals surface area contributed by atoms with Crippen LogP contribution in [-0.4, -0.2) is 20.2 Å². The molecular weight excluding hydrogens is 336 g/mol. The number of benzene rings is 1. The summed E-state index contributed by atoms with van der Waals surface area (Å²) in [6, 6.07) is 12.2. The van der Waals surface area contributed by atoms with Gasteiger partial charge in [0.05, 0.1) is 34.4 Å². The van der Waals surface area contributed by atoms with Gasteiger partial charge in [0.2, 0.25) is 5.13 Å². The SMILES string of the molecule is Cc1ncccc1C(=O)Nc1nc(-c2c(C#N)cccc2C#N)ns1. The first kappa shape index (κ1) is 16.2. The van der Waals surface area contributed by atoms with E-state index in [1.807, 2.05) is 12.1 Å². The zero-order chi connectivity index (χ0) is 17.8. The van der Waals surface area contributed by atoms with Crippen molar-refractivity contribution in [3.63, 3.8) is 0 Å². The normalized spacial score (nSPS) is 9.88. The highest BCUT2D eigenvalue weighted by molar-refractivity contribution is 7.10. The first-order chi connectivity index (χ1) is 12.1. The van der Waals surface area contributed by atoms with E-state index in [4.69, 9.17) is 0 Å². The van der Waals surface area contributed by atoms with E-state index in [2.05, 4.69) is 19.7 Å². The Bertz CT molecular complexity index is 1010. The van der Waals surface area contributed by atoms with Gasteiger partial charge < -0.3 is 0 Å². The molecule has 0 aliphatic heterocycles. The molecule has 3 aromatic rings. The second kappa shape index (κ2) is 6.87. The fourth-order valence-corrected chi connectivity index (χ4v) is 2.81. The van der Waals surface area contributed by atoms with Gasteiger partial charge in [0.15, 0.2) is 5.82 Å². The standard InChI is InChI=1S/C17H10N6OS/c1-10-13(6-3-7-20-10)16(24)22-17-21-15(23-25-17)14-11(8-18)4-2-5-12(14)9-19/h2-7H,1H3,(H,21,22,23,24). The second-order valence-corrected chi connectivity index (χ2v) is 5.72. The van der Waals surface area contributed by atoms with Gasteiger partial charge in [0.25, 0.3) is 5.91 Å². The molecule has 2 heterocycles. The van der Waals surface area contributed by atoms with Gasteiger partial charge in [-0.3, -0.25) is 15.1 Å². The van der Waals surface area contributed by atoms with Crippen molar-refractivity contribution in [3.8, 4) is 23.5 Å². The Kier molecular flexibility index (Phi) is 4.46. The van der Waals surface area contributed by atoms with E-state index in [-0.39, 0.29) is 16.9 Å². The van der Waals surface area contributed by atoms with Gasteiger partial charge in [0.1, 0.15) is 0 Å². The number of aryl methyl sites for hydroxylation is 1. The van der Waals surface area contributed by atoms with Gasteiger partial charge in [-0.1, -0.05) is 6.07 Å². The van der Waals surface area contributed by atoms with Gasteiger partial charge in [-0.2, -0.15) is 19.9 Å². The van der Waals surface area contributed by atoms with Crippen molar-refractivity contribution in [2.24, 2.45) is 0 Å². The third-order valence-corrected chi connectivity index (χ3v) is 4.06. The van der Waals surface area contributed by atoms with Crippen molar-refractivity contribution in [1.29, 1.82) is 10.5 Å². The van der Waals surface area contributed by atoms with Gasteiger partial charge >= 0.3 is 0 Å². The highest BCUT2D eigenvalue weighted by atomic mass is 32.1. The maximum Gasteiger partial charge on any atom is 0.259 e. The summed E-state index contributed by atoms with van der Waals surface area (Å²) in [4.78, 5) is 20.6. The number of aromatic nitrogens is 3. The van der Waals surface area contributed by atoms with Crippen LogP contribution < -0.4 is 5.32 Å². The molecule has 1 amide bonds. The van der Waals surface area contributed by atoms with E-state index in [1.165, 1.54) is 0 Å². The number of rotatable bonds is 3. The van der Waals surface area contributed by atoms with Crippen LogP contribution in [0.1, 0.15) is 27.2 Å². The quantitative estimate of drug-likeness (QED) is 0.779. The molecule has 7 nitrogen and oxygen atoms in total. The minimum absolute atomic E-state index is 0.233. The lowest BCUT2D eigenvalue weighted by atomic mass is 10.0. The maximum absolute atomic E-state index is 12.3. The maximum atomic E-state index is 12.3. The molecule has 0 unspecified atom stereocenters. The topological polar surface area (TPSA) is 115 Å². The summed E-state index contributed by atoms with van der Waals surface area (Å²) in [5.41, 5.74) is 2.01. The number of hydrogen-bond donors (Lipinski definition) is 1. The number of nitriles is 2. The highest BCUT2D eigenvalue weighted by Crippen LogP contribution is 2.27. The molecule has 120 valence electrons. The first-order valence-corrected chi connectivity index (χ1v) is 7.91. The highest BCUT2D eigenvalue weighted by Gasteiger charge is 2.17. The van der Waals surface area contributed by atoms with Crippen LogP contribution in [0.4, 0.5) is 5.13 Å². The average Bonchev–Trinajstić information content (AvgIpc) is 3.09. The molecule has 1 N–H and O–H groups in total. The lowest BCUT2D eigenvalue weighted by Gasteiger charge is -2.03. The second-order valence-electron chi connectivity index (χ2n) is 4.97. The van der Waals surface area contributed by atoms with E-state index in [9.17, 15) is 15.3 Å².